The van der Waals surface area contributed by atoms with Crippen LogP contribution in [0.1, 0.15) is 63.9 Å². The van der Waals surface area contributed by atoms with E-state index in [1.807, 2.05) is 29.2 Å². The first kappa shape index (κ1) is 15.9. The molecular formula is C18H28N2O. The van der Waals surface area contributed by atoms with Gasteiger partial charge >= 0.3 is 0 Å². The standard InChI is InChI=1S/C18H28N2O/c1-2-3-4-5-6-11-18(21)20(16-12-13-16)14-15-9-7-8-10-17(15)19/h7-10,16H,2-6,11-14,19H2,1H3. The third-order valence-corrected chi connectivity index (χ3v) is 4.20. The van der Waals surface area contributed by atoms with Gasteiger partial charge in [-0.1, -0.05) is 50.8 Å². The largest absolute Gasteiger partial charge is 0.398 e. The van der Waals surface area contributed by atoms with Crippen LogP contribution in [0.15, 0.2) is 24.3 Å². The number of para-hydroxylation sites is 1. The van der Waals surface area contributed by atoms with E-state index in [0.717, 1.165) is 30.5 Å². The second kappa shape index (κ2) is 8.06. The van der Waals surface area contributed by atoms with Crippen LogP contribution < -0.4 is 5.73 Å². The van der Waals surface area contributed by atoms with Crippen LogP contribution in [0, 0.1) is 0 Å². The second-order valence-corrected chi connectivity index (χ2v) is 6.12. The Labute approximate surface area is 128 Å². The molecule has 1 aromatic rings. The number of carbonyl (C=O) groups excluding carboxylic acids is 1. The van der Waals surface area contributed by atoms with Gasteiger partial charge in [-0.25, -0.2) is 0 Å². The van der Waals surface area contributed by atoms with Crippen LogP contribution in [0.25, 0.3) is 0 Å². The molecule has 0 heterocycles. The SMILES string of the molecule is CCCCCCCC(=O)N(Cc1ccccc1N)C1CC1. The Bertz CT molecular complexity index is 454. The Kier molecular flexibility index (Phi) is 6.09. The lowest BCUT2D eigenvalue weighted by molar-refractivity contribution is -0.132. The number of unbranched alkanes of at least 4 members (excludes halogenated alkanes) is 4. The molecular weight excluding hydrogens is 260 g/mol. The van der Waals surface area contributed by atoms with Crippen LogP contribution in [0.2, 0.25) is 0 Å². The van der Waals surface area contributed by atoms with E-state index >= 15 is 0 Å². The van der Waals surface area contributed by atoms with Gasteiger partial charge in [0.2, 0.25) is 5.91 Å². The molecule has 0 unspecified atom stereocenters. The Morgan fingerprint density at radius 2 is 1.90 bits per heavy atom. The highest BCUT2D eigenvalue weighted by atomic mass is 16.2. The van der Waals surface area contributed by atoms with Gasteiger partial charge in [-0.05, 0) is 30.9 Å². The summed E-state index contributed by atoms with van der Waals surface area (Å²) in [5.41, 5.74) is 7.87. The van der Waals surface area contributed by atoms with E-state index in [2.05, 4.69) is 6.92 Å². The molecule has 0 spiro atoms. The highest BCUT2D eigenvalue weighted by Gasteiger charge is 2.32. The van der Waals surface area contributed by atoms with Gasteiger partial charge < -0.3 is 10.6 Å². The number of nitrogens with zero attached hydrogens (tertiary/aromatic N) is 1. The van der Waals surface area contributed by atoms with Gasteiger partial charge in [0, 0.05) is 24.7 Å². The zero-order valence-electron chi connectivity index (χ0n) is 13.2. The van der Waals surface area contributed by atoms with Crippen LogP contribution in [0.3, 0.4) is 0 Å². The van der Waals surface area contributed by atoms with Crippen molar-refractivity contribution in [3.8, 4) is 0 Å². The Morgan fingerprint density at radius 3 is 2.57 bits per heavy atom. The zero-order valence-corrected chi connectivity index (χ0v) is 13.2. The summed E-state index contributed by atoms with van der Waals surface area (Å²) in [6.45, 7) is 2.88. The summed E-state index contributed by atoms with van der Waals surface area (Å²) < 4.78 is 0. The van der Waals surface area contributed by atoms with Crippen LogP contribution >= 0.6 is 0 Å². The molecule has 0 aromatic heterocycles. The first-order valence-electron chi connectivity index (χ1n) is 8.35. The van der Waals surface area contributed by atoms with Crippen molar-refractivity contribution in [3.05, 3.63) is 29.8 Å². The van der Waals surface area contributed by atoms with Crippen molar-refractivity contribution in [3.63, 3.8) is 0 Å². The van der Waals surface area contributed by atoms with E-state index in [0.29, 0.717) is 24.9 Å². The van der Waals surface area contributed by atoms with E-state index in [-0.39, 0.29) is 0 Å². The molecule has 1 aliphatic rings. The molecule has 0 aliphatic heterocycles. The van der Waals surface area contributed by atoms with Gasteiger partial charge in [-0.15, -0.1) is 0 Å². The summed E-state index contributed by atoms with van der Waals surface area (Å²) in [4.78, 5) is 14.5. The van der Waals surface area contributed by atoms with E-state index in [4.69, 9.17) is 5.73 Å². The second-order valence-electron chi connectivity index (χ2n) is 6.12. The predicted molar refractivity (Wildman–Crippen MR) is 87.8 cm³/mol. The number of hydrogen-bond acceptors (Lipinski definition) is 2. The van der Waals surface area contributed by atoms with Gasteiger partial charge in [-0.3, -0.25) is 4.79 Å². The highest BCUT2D eigenvalue weighted by Crippen LogP contribution is 2.30. The molecule has 1 aromatic carbocycles. The smallest absolute Gasteiger partial charge is 0.223 e. The Morgan fingerprint density at radius 1 is 1.19 bits per heavy atom. The number of nitrogen functional groups attached to an aromatic ring is 1. The predicted octanol–water partition coefficient (Wildman–Crippen LogP) is 4.12. The van der Waals surface area contributed by atoms with Crippen molar-refractivity contribution >= 4 is 11.6 Å². The third kappa shape index (κ3) is 5.07. The molecule has 1 amide bonds. The molecule has 116 valence electrons. The van der Waals surface area contributed by atoms with Crippen LogP contribution in [0.4, 0.5) is 5.69 Å². The maximum absolute atomic E-state index is 12.5. The molecule has 1 saturated carbocycles. The minimum absolute atomic E-state index is 0.303. The number of rotatable bonds is 9. The molecule has 3 heteroatoms. The molecule has 0 saturated heterocycles. The molecule has 21 heavy (non-hydrogen) atoms. The first-order valence-corrected chi connectivity index (χ1v) is 8.35. The number of carbonyl (C=O) groups is 1. The number of anilines is 1. The van der Waals surface area contributed by atoms with Crippen LogP contribution in [-0.4, -0.2) is 16.8 Å². The fraction of sp³-hybridized carbons (Fsp3) is 0.611. The normalized spacial score (nSPS) is 14.1. The van der Waals surface area contributed by atoms with Gasteiger partial charge in [-0.2, -0.15) is 0 Å². The minimum Gasteiger partial charge on any atom is -0.398 e. The van der Waals surface area contributed by atoms with Crippen molar-refractivity contribution < 1.29 is 4.79 Å². The fourth-order valence-corrected chi connectivity index (χ4v) is 2.69. The maximum Gasteiger partial charge on any atom is 0.223 e. The number of nitrogens with two attached hydrogens (primary N) is 1. The number of benzene rings is 1. The van der Waals surface area contributed by atoms with Gasteiger partial charge in [0.25, 0.3) is 0 Å². The Balaban J connectivity index is 1.84. The molecule has 3 nitrogen and oxygen atoms in total. The molecule has 1 fully saturated rings. The minimum atomic E-state index is 0.303. The lowest BCUT2D eigenvalue weighted by Gasteiger charge is -2.23. The highest BCUT2D eigenvalue weighted by molar-refractivity contribution is 5.77. The van der Waals surface area contributed by atoms with Crippen molar-refractivity contribution in [2.24, 2.45) is 0 Å². The van der Waals surface area contributed by atoms with E-state index in [9.17, 15) is 4.79 Å². The van der Waals surface area contributed by atoms with Crippen molar-refractivity contribution in [1.82, 2.24) is 4.90 Å². The Hall–Kier alpha value is -1.51. The molecule has 2 rings (SSSR count). The molecule has 0 radical (unpaired) electrons. The quantitative estimate of drug-likeness (QED) is 0.549. The van der Waals surface area contributed by atoms with E-state index in [1.54, 1.807) is 0 Å². The maximum atomic E-state index is 12.5. The van der Waals surface area contributed by atoms with Gasteiger partial charge in [0.1, 0.15) is 0 Å². The molecule has 0 bridgehead atoms. The van der Waals surface area contributed by atoms with Crippen molar-refractivity contribution in [2.75, 3.05) is 5.73 Å². The van der Waals surface area contributed by atoms with Crippen molar-refractivity contribution in [1.29, 1.82) is 0 Å². The zero-order chi connectivity index (χ0) is 15.1. The van der Waals surface area contributed by atoms with Gasteiger partial charge in [0.15, 0.2) is 0 Å². The lowest BCUT2D eigenvalue weighted by atomic mass is 10.1. The van der Waals surface area contributed by atoms with Gasteiger partial charge in [0.05, 0.1) is 0 Å². The topological polar surface area (TPSA) is 46.3 Å². The molecule has 1 aliphatic carbocycles. The summed E-state index contributed by atoms with van der Waals surface area (Å²) in [6, 6.07) is 8.32. The van der Waals surface area contributed by atoms with Crippen LogP contribution in [0.5, 0.6) is 0 Å². The summed E-state index contributed by atoms with van der Waals surface area (Å²) in [6.07, 6.45) is 8.95. The molecule has 2 N–H and O–H groups in total. The first-order chi connectivity index (χ1) is 10.2. The molecule has 0 atom stereocenters. The third-order valence-electron chi connectivity index (χ3n) is 4.20. The van der Waals surface area contributed by atoms with E-state index < -0.39 is 0 Å². The average Bonchev–Trinajstić information content (AvgIpc) is 3.30. The van der Waals surface area contributed by atoms with E-state index in [1.165, 1.54) is 25.7 Å². The number of hydrogen-bond donors (Lipinski definition) is 1. The lowest BCUT2D eigenvalue weighted by Crippen LogP contribution is -2.32. The summed E-state index contributed by atoms with van der Waals surface area (Å²) in [5.74, 6) is 0.303. The van der Waals surface area contributed by atoms with Crippen LogP contribution in [-0.2, 0) is 11.3 Å². The van der Waals surface area contributed by atoms with Crippen molar-refractivity contribution in [2.45, 2.75) is 70.9 Å². The fourth-order valence-electron chi connectivity index (χ4n) is 2.69. The summed E-state index contributed by atoms with van der Waals surface area (Å²) in [7, 11) is 0. The number of amides is 1. The summed E-state index contributed by atoms with van der Waals surface area (Å²) >= 11 is 0. The average molecular weight is 288 g/mol. The summed E-state index contributed by atoms with van der Waals surface area (Å²) in [5, 5.41) is 0. The monoisotopic (exact) mass is 288 g/mol.